The zero-order valence-electron chi connectivity index (χ0n) is 29.3. The van der Waals surface area contributed by atoms with Crippen molar-refractivity contribution in [2.24, 2.45) is 0 Å². The zero-order chi connectivity index (χ0) is 36.3. The molecule has 1 aliphatic rings. The lowest BCUT2D eigenvalue weighted by atomic mass is 9.94. The number of unbranched alkanes of at least 4 members (excludes halogenated alkanes) is 1. The van der Waals surface area contributed by atoms with Crippen LogP contribution in [0.2, 0.25) is 5.02 Å². The van der Waals surface area contributed by atoms with Crippen molar-refractivity contribution in [3.05, 3.63) is 125 Å². The van der Waals surface area contributed by atoms with Crippen LogP contribution in [0.15, 0.2) is 97.3 Å². The number of para-hydroxylation sites is 1. The summed E-state index contributed by atoms with van der Waals surface area (Å²) in [6.45, 7) is 2.48. The van der Waals surface area contributed by atoms with Gasteiger partial charge in [0.15, 0.2) is 5.69 Å². The van der Waals surface area contributed by atoms with Gasteiger partial charge in [0.2, 0.25) is 11.8 Å². The lowest BCUT2D eigenvalue weighted by Crippen LogP contribution is -2.49. The number of nitrogens with zero attached hydrogens (tertiary/aromatic N) is 7. The van der Waals surface area contributed by atoms with E-state index in [0.29, 0.717) is 35.7 Å². The molecular weight excluding hydrogens is 678 g/mol. The molecule has 5 aromatic rings. The molecule has 3 amide bonds. The van der Waals surface area contributed by atoms with Crippen LogP contribution in [0.5, 0.6) is 0 Å². The Hall–Kier alpha value is -5.36. The van der Waals surface area contributed by atoms with Gasteiger partial charge in [0.25, 0.3) is 5.91 Å². The minimum absolute atomic E-state index is 0.0556. The van der Waals surface area contributed by atoms with Crippen LogP contribution in [0.4, 0.5) is 0 Å². The molecule has 6 rings (SSSR count). The topological polar surface area (TPSA) is 140 Å². The maximum Gasteiger partial charge on any atom is 0.273 e. The monoisotopic (exact) mass is 721 g/mol. The molecule has 2 N–H and O–H groups in total. The van der Waals surface area contributed by atoms with E-state index in [2.05, 4.69) is 38.2 Å². The number of nitrogens with one attached hydrogen (secondary N) is 2. The summed E-state index contributed by atoms with van der Waals surface area (Å²) in [5.74, 6) is -0.883. The summed E-state index contributed by atoms with van der Waals surface area (Å²) in [6, 6.07) is 24.6. The number of carbonyl (C=O) groups is 3. The number of aromatic nitrogens is 6. The van der Waals surface area contributed by atoms with Crippen molar-refractivity contribution in [2.45, 2.75) is 83.0 Å². The van der Waals surface area contributed by atoms with Crippen molar-refractivity contribution < 1.29 is 14.4 Å². The molecule has 52 heavy (non-hydrogen) atoms. The van der Waals surface area contributed by atoms with Crippen molar-refractivity contribution in [3.8, 4) is 5.69 Å². The Kier molecular flexibility index (Phi) is 12.4. The van der Waals surface area contributed by atoms with Crippen molar-refractivity contribution in [3.63, 3.8) is 0 Å². The Bertz CT molecular complexity index is 1910. The predicted octanol–water partition coefficient (Wildman–Crippen LogP) is 6.04. The van der Waals surface area contributed by atoms with Gasteiger partial charge in [-0.1, -0.05) is 115 Å². The molecule has 2 heterocycles. The van der Waals surface area contributed by atoms with Gasteiger partial charge in [-0.2, -0.15) is 0 Å². The van der Waals surface area contributed by atoms with Crippen molar-refractivity contribution in [1.29, 1.82) is 0 Å². The highest BCUT2D eigenvalue weighted by atomic mass is 35.5. The SMILES string of the molecule is CCCCN(C(=O)C(Cc1ccccc1)n1cc(CNC(=O)c2cn(-c3ccccc3)nn2)nn1)C(C(=O)NC1CCCCC1)c1ccc(Cl)cc1. The molecule has 0 radical (unpaired) electrons. The van der Waals surface area contributed by atoms with E-state index in [1.165, 1.54) is 4.68 Å². The fourth-order valence-corrected chi connectivity index (χ4v) is 6.67. The largest absolute Gasteiger partial charge is 0.351 e. The van der Waals surface area contributed by atoms with Crippen LogP contribution < -0.4 is 10.6 Å². The van der Waals surface area contributed by atoms with E-state index < -0.39 is 18.0 Å². The van der Waals surface area contributed by atoms with Crippen molar-refractivity contribution >= 4 is 29.3 Å². The van der Waals surface area contributed by atoms with Gasteiger partial charge in [-0.15, -0.1) is 10.2 Å². The van der Waals surface area contributed by atoms with Gasteiger partial charge in [0.05, 0.1) is 24.6 Å². The lowest BCUT2D eigenvalue weighted by molar-refractivity contribution is -0.144. The molecular formula is C39H44ClN9O3. The third-order valence-electron chi connectivity index (χ3n) is 9.34. The first-order valence-corrected chi connectivity index (χ1v) is 18.3. The normalized spacial score (nSPS) is 14.3. The molecule has 2 unspecified atom stereocenters. The third-order valence-corrected chi connectivity index (χ3v) is 9.60. The van der Waals surface area contributed by atoms with E-state index >= 15 is 0 Å². The molecule has 1 saturated carbocycles. The fourth-order valence-electron chi connectivity index (χ4n) is 6.55. The highest BCUT2D eigenvalue weighted by molar-refractivity contribution is 6.30. The van der Waals surface area contributed by atoms with E-state index in [9.17, 15) is 14.4 Å². The number of rotatable bonds is 15. The summed E-state index contributed by atoms with van der Waals surface area (Å²) in [4.78, 5) is 43.9. The Morgan fingerprint density at radius 3 is 2.31 bits per heavy atom. The lowest BCUT2D eigenvalue weighted by Gasteiger charge is -2.35. The van der Waals surface area contributed by atoms with Crippen LogP contribution in [0.3, 0.4) is 0 Å². The molecule has 1 aliphatic carbocycles. The molecule has 2 aromatic heterocycles. The van der Waals surface area contributed by atoms with Crippen LogP contribution in [0.1, 0.15) is 91.3 Å². The molecule has 12 nitrogen and oxygen atoms in total. The Morgan fingerprint density at radius 1 is 0.885 bits per heavy atom. The summed E-state index contributed by atoms with van der Waals surface area (Å²) in [5.41, 5.74) is 3.01. The smallest absolute Gasteiger partial charge is 0.273 e. The maximum atomic E-state index is 15.0. The summed E-state index contributed by atoms with van der Waals surface area (Å²) in [7, 11) is 0. The van der Waals surface area contributed by atoms with Crippen molar-refractivity contribution in [2.75, 3.05) is 6.54 Å². The molecule has 0 aliphatic heterocycles. The number of benzene rings is 3. The van der Waals surface area contributed by atoms with E-state index in [4.69, 9.17) is 11.6 Å². The van der Waals surface area contributed by atoms with Gasteiger partial charge in [0, 0.05) is 24.0 Å². The summed E-state index contributed by atoms with van der Waals surface area (Å²) < 4.78 is 3.07. The van der Waals surface area contributed by atoms with Gasteiger partial charge in [-0.25, -0.2) is 9.36 Å². The molecule has 270 valence electrons. The first kappa shape index (κ1) is 36.4. The van der Waals surface area contributed by atoms with E-state index in [1.54, 1.807) is 34.1 Å². The minimum Gasteiger partial charge on any atom is -0.351 e. The number of carbonyl (C=O) groups excluding carboxylic acids is 3. The van der Waals surface area contributed by atoms with Crippen LogP contribution in [0.25, 0.3) is 5.69 Å². The quantitative estimate of drug-likeness (QED) is 0.134. The molecule has 0 saturated heterocycles. The Balaban J connectivity index is 1.26. The standard InChI is InChI=1S/C39H44ClN9O3/c1-2-3-23-47(36(29-19-21-30(40)22-20-29)38(51)42-31-15-9-5-10-16-31)39(52)35(24-28-13-7-4-8-14-28)49-26-32(43-45-49)25-41-37(50)34-27-48(46-44-34)33-17-11-6-12-18-33/h4,6-8,11-14,17-22,26-27,31,35-36H,2-3,5,9-10,15-16,23-25H2,1H3,(H,41,50)(H,42,51). The average Bonchev–Trinajstić information content (AvgIpc) is 3.87. The van der Waals surface area contributed by atoms with Gasteiger partial charge >= 0.3 is 0 Å². The highest BCUT2D eigenvalue weighted by Crippen LogP contribution is 2.29. The average molecular weight is 722 g/mol. The molecule has 0 spiro atoms. The van der Waals surface area contributed by atoms with E-state index in [1.807, 2.05) is 72.8 Å². The Labute approximate surface area is 308 Å². The second-order valence-corrected chi connectivity index (χ2v) is 13.6. The number of hydrogen-bond acceptors (Lipinski definition) is 7. The Morgan fingerprint density at radius 2 is 1.60 bits per heavy atom. The molecule has 1 fully saturated rings. The van der Waals surface area contributed by atoms with Crippen LogP contribution in [-0.4, -0.2) is 65.2 Å². The van der Waals surface area contributed by atoms with Crippen LogP contribution >= 0.6 is 11.6 Å². The summed E-state index contributed by atoms with van der Waals surface area (Å²) in [5, 5.41) is 23.5. The van der Waals surface area contributed by atoms with Crippen LogP contribution in [0, 0.1) is 0 Å². The third kappa shape index (κ3) is 9.29. The maximum absolute atomic E-state index is 15.0. The van der Waals surface area contributed by atoms with E-state index in [-0.39, 0.29) is 30.1 Å². The second-order valence-electron chi connectivity index (χ2n) is 13.1. The first-order chi connectivity index (χ1) is 25.4. The second kappa shape index (κ2) is 17.7. The van der Waals surface area contributed by atoms with E-state index in [0.717, 1.165) is 49.8 Å². The van der Waals surface area contributed by atoms with Gasteiger partial charge in [0.1, 0.15) is 17.8 Å². The molecule has 0 bridgehead atoms. The van der Waals surface area contributed by atoms with Crippen LogP contribution in [-0.2, 0) is 22.6 Å². The number of halogens is 1. The van der Waals surface area contributed by atoms with Gasteiger partial charge in [-0.3, -0.25) is 14.4 Å². The molecule has 3 aromatic carbocycles. The molecule has 13 heteroatoms. The fraction of sp³-hybridized carbons (Fsp3) is 0.359. The highest BCUT2D eigenvalue weighted by Gasteiger charge is 2.37. The molecule has 2 atom stereocenters. The minimum atomic E-state index is -0.872. The summed E-state index contributed by atoms with van der Waals surface area (Å²) >= 11 is 6.27. The van der Waals surface area contributed by atoms with Gasteiger partial charge < -0.3 is 15.5 Å². The number of hydrogen-bond donors (Lipinski definition) is 2. The first-order valence-electron chi connectivity index (χ1n) is 18.0. The number of amides is 3. The van der Waals surface area contributed by atoms with Crippen molar-refractivity contribution in [1.82, 2.24) is 45.5 Å². The van der Waals surface area contributed by atoms with Gasteiger partial charge in [-0.05, 0) is 54.7 Å². The predicted molar refractivity (Wildman–Crippen MR) is 198 cm³/mol. The zero-order valence-corrected chi connectivity index (χ0v) is 30.0. The summed E-state index contributed by atoms with van der Waals surface area (Å²) in [6.07, 6.45) is 10.2.